The highest BCUT2D eigenvalue weighted by Gasteiger charge is 2.17. The summed E-state index contributed by atoms with van der Waals surface area (Å²) in [5.74, 6) is 0.591. The average Bonchev–Trinajstić information content (AvgIpc) is 2.70. The van der Waals surface area contributed by atoms with Gasteiger partial charge in [-0.25, -0.2) is 5.43 Å². The zero-order chi connectivity index (χ0) is 20.0. The molecule has 9 heteroatoms. The second-order valence-corrected chi connectivity index (χ2v) is 5.36. The maximum Gasteiger partial charge on any atom is 0.271 e. The maximum atomic E-state index is 12.4. The molecular weight excluding hydrogens is 354 g/mol. The lowest BCUT2D eigenvalue weighted by atomic mass is 10.1. The van der Waals surface area contributed by atoms with E-state index in [1.165, 1.54) is 45.6 Å². The first-order valence-electron chi connectivity index (χ1n) is 7.80. The van der Waals surface area contributed by atoms with Gasteiger partial charge in [0, 0.05) is 17.7 Å². The van der Waals surface area contributed by atoms with E-state index in [4.69, 9.17) is 14.2 Å². The standard InChI is InChI=1S/C18H19N3O6/c1-11(12-5-7-14(8-6-12)21(23)24)19-20-18(22)13-9-15(25-2)17(27-4)16(10-13)26-3/h5-10H,1-4H3,(H,20,22)/b19-11+. The number of nitrogens with zero attached hydrogens (tertiary/aromatic N) is 2. The molecule has 0 atom stereocenters. The molecule has 0 aliphatic carbocycles. The van der Waals surface area contributed by atoms with Gasteiger partial charge < -0.3 is 14.2 Å². The molecule has 0 heterocycles. The fourth-order valence-electron chi connectivity index (χ4n) is 2.30. The van der Waals surface area contributed by atoms with Gasteiger partial charge in [0.25, 0.3) is 11.6 Å². The Bertz CT molecular complexity index is 852. The third-order valence-corrected chi connectivity index (χ3v) is 3.75. The second kappa shape index (κ2) is 8.65. The number of amides is 1. The number of carbonyl (C=O) groups excluding carboxylic acids is 1. The first kappa shape index (κ1) is 19.7. The quantitative estimate of drug-likeness (QED) is 0.454. The van der Waals surface area contributed by atoms with Crippen LogP contribution >= 0.6 is 0 Å². The van der Waals surface area contributed by atoms with E-state index in [1.54, 1.807) is 19.1 Å². The first-order chi connectivity index (χ1) is 12.9. The first-order valence-corrected chi connectivity index (χ1v) is 7.80. The molecule has 1 amide bonds. The number of carbonyl (C=O) groups is 1. The Morgan fingerprint density at radius 3 is 2.00 bits per heavy atom. The van der Waals surface area contributed by atoms with Crippen LogP contribution in [-0.4, -0.2) is 37.9 Å². The predicted molar refractivity (Wildman–Crippen MR) is 98.9 cm³/mol. The smallest absolute Gasteiger partial charge is 0.271 e. The number of non-ortho nitro benzene ring substituents is 1. The molecule has 0 aliphatic heterocycles. The van der Waals surface area contributed by atoms with Crippen LogP contribution in [-0.2, 0) is 0 Å². The van der Waals surface area contributed by atoms with Gasteiger partial charge in [-0.05, 0) is 36.8 Å². The van der Waals surface area contributed by atoms with Crippen LogP contribution in [0, 0.1) is 10.1 Å². The van der Waals surface area contributed by atoms with Crippen LogP contribution in [0.5, 0.6) is 17.2 Å². The van der Waals surface area contributed by atoms with Crippen LogP contribution in [0.2, 0.25) is 0 Å². The number of hydrogen-bond donors (Lipinski definition) is 1. The minimum absolute atomic E-state index is 0.0204. The Kier molecular flexibility index (Phi) is 6.32. The third kappa shape index (κ3) is 4.51. The lowest BCUT2D eigenvalue weighted by Gasteiger charge is -2.13. The highest BCUT2D eigenvalue weighted by atomic mass is 16.6. The topological polar surface area (TPSA) is 112 Å². The van der Waals surface area contributed by atoms with E-state index < -0.39 is 10.8 Å². The second-order valence-electron chi connectivity index (χ2n) is 5.36. The van der Waals surface area contributed by atoms with Crippen LogP contribution in [0.25, 0.3) is 0 Å². The molecule has 142 valence electrons. The van der Waals surface area contributed by atoms with Crippen molar-refractivity contribution in [2.75, 3.05) is 21.3 Å². The normalized spacial score (nSPS) is 10.9. The fraction of sp³-hybridized carbons (Fsp3) is 0.222. The number of nitro benzene ring substituents is 1. The number of hydrogen-bond acceptors (Lipinski definition) is 7. The number of methoxy groups -OCH3 is 3. The molecule has 9 nitrogen and oxygen atoms in total. The van der Waals surface area contributed by atoms with Crippen LogP contribution in [0.15, 0.2) is 41.5 Å². The Morgan fingerprint density at radius 2 is 1.56 bits per heavy atom. The minimum atomic E-state index is -0.484. The van der Waals surface area contributed by atoms with Gasteiger partial charge in [0.15, 0.2) is 11.5 Å². The van der Waals surface area contributed by atoms with Gasteiger partial charge in [0.1, 0.15) is 0 Å². The Morgan fingerprint density at radius 1 is 1.00 bits per heavy atom. The van der Waals surface area contributed by atoms with Gasteiger partial charge in [-0.3, -0.25) is 14.9 Å². The molecule has 2 aromatic carbocycles. The number of rotatable bonds is 7. The summed E-state index contributed by atoms with van der Waals surface area (Å²) in [5.41, 5.74) is 3.82. The zero-order valence-electron chi connectivity index (χ0n) is 15.3. The monoisotopic (exact) mass is 373 g/mol. The number of nitro groups is 1. The SMILES string of the molecule is COc1cc(C(=O)N/N=C(\C)c2ccc([N+](=O)[O-])cc2)cc(OC)c1OC. The molecule has 0 unspecified atom stereocenters. The molecular formula is C18H19N3O6. The van der Waals surface area contributed by atoms with E-state index in [0.29, 0.717) is 28.5 Å². The lowest BCUT2D eigenvalue weighted by Crippen LogP contribution is -2.19. The van der Waals surface area contributed by atoms with Crippen LogP contribution in [0.4, 0.5) is 5.69 Å². The van der Waals surface area contributed by atoms with E-state index in [9.17, 15) is 14.9 Å². The van der Waals surface area contributed by atoms with E-state index in [2.05, 4.69) is 10.5 Å². The number of nitrogens with one attached hydrogen (secondary N) is 1. The van der Waals surface area contributed by atoms with Crippen molar-refractivity contribution in [1.29, 1.82) is 0 Å². The van der Waals surface area contributed by atoms with Crippen molar-refractivity contribution in [3.8, 4) is 17.2 Å². The van der Waals surface area contributed by atoms with Crippen molar-refractivity contribution in [3.63, 3.8) is 0 Å². The zero-order valence-corrected chi connectivity index (χ0v) is 15.3. The molecule has 27 heavy (non-hydrogen) atoms. The van der Waals surface area contributed by atoms with Crippen molar-refractivity contribution in [1.82, 2.24) is 5.43 Å². The molecule has 0 radical (unpaired) electrons. The summed E-state index contributed by atoms with van der Waals surface area (Å²) in [5, 5.41) is 14.7. The van der Waals surface area contributed by atoms with Crippen molar-refractivity contribution in [2.45, 2.75) is 6.92 Å². The Hall–Kier alpha value is -3.62. The van der Waals surface area contributed by atoms with Gasteiger partial charge in [-0.1, -0.05) is 0 Å². The van der Waals surface area contributed by atoms with E-state index in [-0.39, 0.29) is 11.3 Å². The fourth-order valence-corrected chi connectivity index (χ4v) is 2.30. The van der Waals surface area contributed by atoms with Crippen molar-refractivity contribution < 1.29 is 23.9 Å². The number of hydrazone groups is 1. The molecule has 1 N–H and O–H groups in total. The predicted octanol–water partition coefficient (Wildman–Crippen LogP) is 2.77. The average molecular weight is 373 g/mol. The van der Waals surface area contributed by atoms with Gasteiger partial charge in [-0.2, -0.15) is 5.10 Å². The highest BCUT2D eigenvalue weighted by molar-refractivity contribution is 6.01. The van der Waals surface area contributed by atoms with Crippen molar-refractivity contribution >= 4 is 17.3 Å². The summed E-state index contributed by atoms with van der Waals surface area (Å²) in [4.78, 5) is 22.6. The van der Waals surface area contributed by atoms with Gasteiger partial charge in [0.2, 0.25) is 5.75 Å². The molecule has 0 aromatic heterocycles. The molecule has 2 rings (SSSR count). The van der Waals surface area contributed by atoms with E-state index in [0.717, 1.165) is 0 Å². The summed E-state index contributed by atoms with van der Waals surface area (Å²) in [7, 11) is 4.38. The highest BCUT2D eigenvalue weighted by Crippen LogP contribution is 2.38. The summed E-state index contributed by atoms with van der Waals surface area (Å²) < 4.78 is 15.7. The molecule has 0 saturated carbocycles. The summed E-state index contributed by atoms with van der Waals surface area (Å²) in [6, 6.07) is 8.87. The van der Waals surface area contributed by atoms with E-state index >= 15 is 0 Å². The summed E-state index contributed by atoms with van der Waals surface area (Å²) in [6.07, 6.45) is 0. The number of ether oxygens (including phenoxy) is 3. The maximum absolute atomic E-state index is 12.4. The molecule has 0 spiro atoms. The molecule has 0 aliphatic rings. The Labute approximate surface area is 155 Å². The van der Waals surface area contributed by atoms with Crippen LogP contribution in [0.3, 0.4) is 0 Å². The Balaban J connectivity index is 2.21. The largest absolute Gasteiger partial charge is 0.493 e. The van der Waals surface area contributed by atoms with Gasteiger partial charge in [-0.15, -0.1) is 0 Å². The third-order valence-electron chi connectivity index (χ3n) is 3.75. The lowest BCUT2D eigenvalue weighted by molar-refractivity contribution is -0.384. The molecule has 0 fully saturated rings. The molecule has 2 aromatic rings. The van der Waals surface area contributed by atoms with Gasteiger partial charge >= 0.3 is 0 Å². The van der Waals surface area contributed by atoms with Gasteiger partial charge in [0.05, 0.1) is 32.0 Å². The summed E-state index contributed by atoms with van der Waals surface area (Å²) in [6.45, 7) is 1.68. The molecule has 0 saturated heterocycles. The summed E-state index contributed by atoms with van der Waals surface area (Å²) >= 11 is 0. The van der Waals surface area contributed by atoms with E-state index in [1.807, 2.05) is 0 Å². The van der Waals surface area contributed by atoms with Crippen molar-refractivity contribution in [3.05, 3.63) is 57.6 Å². The number of benzene rings is 2. The molecule has 0 bridgehead atoms. The minimum Gasteiger partial charge on any atom is -0.493 e. The van der Waals surface area contributed by atoms with Crippen LogP contribution < -0.4 is 19.6 Å². The van der Waals surface area contributed by atoms with Crippen LogP contribution in [0.1, 0.15) is 22.8 Å². The van der Waals surface area contributed by atoms with Crippen molar-refractivity contribution in [2.24, 2.45) is 5.10 Å².